The molecular formula is C14H23N3. The molecule has 0 radical (unpaired) electrons. The standard InChI is InChI=1S/C14H23N3/c1-3-8-17-9-7-13(11-17)10-15-14-6-4-5-12(2)16-14/h4-6,13H,3,7-11H2,1-2H3,(H,15,16)/t13-/m0/s1. The smallest absolute Gasteiger partial charge is 0.126 e. The zero-order valence-electron chi connectivity index (χ0n) is 10.9. The van der Waals surface area contributed by atoms with Crippen molar-refractivity contribution in [3.05, 3.63) is 23.9 Å². The van der Waals surface area contributed by atoms with Crippen molar-refractivity contribution in [3.63, 3.8) is 0 Å². The minimum atomic E-state index is 0.781. The van der Waals surface area contributed by atoms with Crippen LogP contribution in [0.15, 0.2) is 18.2 Å². The van der Waals surface area contributed by atoms with Crippen LogP contribution in [0.3, 0.4) is 0 Å². The molecule has 2 rings (SSSR count). The highest BCUT2D eigenvalue weighted by Gasteiger charge is 2.21. The number of rotatable bonds is 5. The number of pyridine rings is 1. The van der Waals surface area contributed by atoms with Gasteiger partial charge >= 0.3 is 0 Å². The van der Waals surface area contributed by atoms with Gasteiger partial charge in [-0.05, 0) is 50.9 Å². The quantitative estimate of drug-likeness (QED) is 0.847. The minimum Gasteiger partial charge on any atom is -0.370 e. The predicted octanol–water partition coefficient (Wildman–Crippen LogP) is 2.53. The Hall–Kier alpha value is -1.09. The van der Waals surface area contributed by atoms with Crippen molar-refractivity contribution in [2.24, 2.45) is 5.92 Å². The van der Waals surface area contributed by atoms with Crippen molar-refractivity contribution in [1.29, 1.82) is 0 Å². The summed E-state index contributed by atoms with van der Waals surface area (Å²) in [4.78, 5) is 7.03. The highest BCUT2D eigenvalue weighted by Crippen LogP contribution is 2.17. The number of anilines is 1. The largest absolute Gasteiger partial charge is 0.370 e. The maximum absolute atomic E-state index is 4.46. The van der Waals surface area contributed by atoms with E-state index >= 15 is 0 Å². The molecule has 1 atom stereocenters. The Morgan fingerprint density at radius 3 is 3.12 bits per heavy atom. The third-order valence-electron chi connectivity index (χ3n) is 3.37. The molecule has 0 aromatic carbocycles. The first-order valence-electron chi connectivity index (χ1n) is 6.68. The lowest BCUT2D eigenvalue weighted by Crippen LogP contribution is -2.23. The van der Waals surface area contributed by atoms with Crippen molar-refractivity contribution < 1.29 is 0 Å². The van der Waals surface area contributed by atoms with Crippen LogP contribution in [-0.2, 0) is 0 Å². The molecule has 0 aliphatic carbocycles. The summed E-state index contributed by atoms with van der Waals surface area (Å²) in [6.45, 7) is 9.09. The Bertz CT molecular complexity index is 351. The van der Waals surface area contributed by atoms with Crippen LogP contribution in [-0.4, -0.2) is 36.1 Å². The molecule has 0 saturated carbocycles. The molecule has 0 amide bonds. The molecule has 3 heteroatoms. The van der Waals surface area contributed by atoms with Crippen LogP contribution in [0.4, 0.5) is 5.82 Å². The maximum atomic E-state index is 4.46. The fourth-order valence-corrected chi connectivity index (χ4v) is 2.49. The molecule has 1 aliphatic rings. The topological polar surface area (TPSA) is 28.2 Å². The zero-order valence-corrected chi connectivity index (χ0v) is 10.9. The van der Waals surface area contributed by atoms with Crippen molar-refractivity contribution in [2.75, 3.05) is 31.5 Å². The number of nitrogens with zero attached hydrogens (tertiary/aromatic N) is 2. The van der Waals surface area contributed by atoms with Crippen LogP contribution in [0.5, 0.6) is 0 Å². The number of hydrogen-bond acceptors (Lipinski definition) is 3. The van der Waals surface area contributed by atoms with Gasteiger partial charge in [-0.25, -0.2) is 4.98 Å². The molecule has 94 valence electrons. The molecule has 3 nitrogen and oxygen atoms in total. The second-order valence-corrected chi connectivity index (χ2v) is 5.00. The first-order valence-corrected chi connectivity index (χ1v) is 6.68. The van der Waals surface area contributed by atoms with Gasteiger partial charge in [0.1, 0.15) is 5.82 Å². The van der Waals surface area contributed by atoms with Gasteiger partial charge in [-0.15, -0.1) is 0 Å². The summed E-state index contributed by atoms with van der Waals surface area (Å²) in [7, 11) is 0. The van der Waals surface area contributed by atoms with Gasteiger partial charge in [-0.1, -0.05) is 13.0 Å². The average Bonchev–Trinajstić information content (AvgIpc) is 2.75. The molecule has 2 heterocycles. The second-order valence-electron chi connectivity index (χ2n) is 5.00. The summed E-state index contributed by atoms with van der Waals surface area (Å²) < 4.78 is 0. The normalized spacial score (nSPS) is 20.7. The third kappa shape index (κ3) is 3.70. The molecule has 0 unspecified atom stereocenters. The lowest BCUT2D eigenvalue weighted by molar-refractivity contribution is 0.327. The summed E-state index contributed by atoms with van der Waals surface area (Å²) >= 11 is 0. The zero-order chi connectivity index (χ0) is 12.1. The fourth-order valence-electron chi connectivity index (χ4n) is 2.49. The Kier molecular flexibility index (Phi) is 4.37. The van der Waals surface area contributed by atoms with Gasteiger partial charge in [0.15, 0.2) is 0 Å². The van der Waals surface area contributed by atoms with Gasteiger partial charge in [0.25, 0.3) is 0 Å². The van der Waals surface area contributed by atoms with Crippen molar-refractivity contribution in [2.45, 2.75) is 26.7 Å². The number of nitrogens with one attached hydrogen (secondary N) is 1. The van der Waals surface area contributed by atoms with Gasteiger partial charge in [0.2, 0.25) is 0 Å². The van der Waals surface area contributed by atoms with E-state index < -0.39 is 0 Å². The Labute approximate surface area is 104 Å². The van der Waals surface area contributed by atoms with E-state index in [4.69, 9.17) is 0 Å². The Balaban J connectivity index is 1.76. The van der Waals surface area contributed by atoms with Crippen LogP contribution in [0.1, 0.15) is 25.5 Å². The van der Waals surface area contributed by atoms with Crippen LogP contribution in [0.25, 0.3) is 0 Å². The minimum absolute atomic E-state index is 0.781. The van der Waals surface area contributed by atoms with E-state index in [-0.39, 0.29) is 0 Å². The van der Waals surface area contributed by atoms with Crippen molar-refractivity contribution >= 4 is 5.82 Å². The molecule has 0 bridgehead atoms. The molecule has 1 saturated heterocycles. The van der Waals surface area contributed by atoms with Crippen molar-refractivity contribution in [1.82, 2.24) is 9.88 Å². The Morgan fingerprint density at radius 2 is 2.35 bits per heavy atom. The average molecular weight is 233 g/mol. The Morgan fingerprint density at radius 1 is 1.47 bits per heavy atom. The number of likely N-dealkylation sites (tertiary alicyclic amines) is 1. The summed E-state index contributed by atoms with van der Waals surface area (Å²) in [5.41, 5.74) is 1.08. The van der Waals surface area contributed by atoms with Gasteiger partial charge in [-0.3, -0.25) is 0 Å². The molecule has 1 fully saturated rings. The van der Waals surface area contributed by atoms with Gasteiger partial charge in [0.05, 0.1) is 0 Å². The predicted molar refractivity (Wildman–Crippen MR) is 72.3 cm³/mol. The maximum Gasteiger partial charge on any atom is 0.126 e. The summed E-state index contributed by atoms with van der Waals surface area (Å²) in [5.74, 6) is 1.79. The molecular weight excluding hydrogens is 210 g/mol. The van der Waals surface area contributed by atoms with Crippen LogP contribution in [0.2, 0.25) is 0 Å². The first kappa shape index (κ1) is 12.4. The molecule has 1 aromatic heterocycles. The summed E-state index contributed by atoms with van der Waals surface area (Å²) in [6, 6.07) is 6.14. The number of aryl methyl sites for hydroxylation is 1. The SMILES string of the molecule is CCCN1CC[C@@H](CNc2cccc(C)n2)C1. The molecule has 1 aromatic rings. The van der Waals surface area contributed by atoms with E-state index in [1.807, 2.05) is 19.1 Å². The highest BCUT2D eigenvalue weighted by molar-refractivity contribution is 5.35. The van der Waals surface area contributed by atoms with Crippen molar-refractivity contribution in [3.8, 4) is 0 Å². The first-order chi connectivity index (χ1) is 8.28. The van der Waals surface area contributed by atoms with Gasteiger partial charge in [-0.2, -0.15) is 0 Å². The van der Waals surface area contributed by atoms with Gasteiger partial charge in [0, 0.05) is 18.8 Å². The fraction of sp³-hybridized carbons (Fsp3) is 0.643. The van der Waals surface area contributed by atoms with E-state index in [1.54, 1.807) is 0 Å². The monoisotopic (exact) mass is 233 g/mol. The molecule has 0 spiro atoms. The highest BCUT2D eigenvalue weighted by atomic mass is 15.1. The van der Waals surface area contributed by atoms with E-state index in [1.165, 1.54) is 32.5 Å². The van der Waals surface area contributed by atoms with Gasteiger partial charge < -0.3 is 10.2 Å². The van der Waals surface area contributed by atoms with E-state index in [9.17, 15) is 0 Å². The third-order valence-corrected chi connectivity index (χ3v) is 3.37. The summed E-state index contributed by atoms with van der Waals surface area (Å²) in [6.07, 6.45) is 2.58. The lowest BCUT2D eigenvalue weighted by atomic mass is 10.1. The summed E-state index contributed by atoms with van der Waals surface area (Å²) in [5, 5.41) is 3.45. The van der Waals surface area contributed by atoms with E-state index in [0.29, 0.717) is 0 Å². The van der Waals surface area contributed by atoms with Crippen LogP contribution >= 0.6 is 0 Å². The van der Waals surface area contributed by atoms with E-state index in [0.717, 1.165) is 24.0 Å². The molecule has 1 aliphatic heterocycles. The van der Waals surface area contributed by atoms with E-state index in [2.05, 4.69) is 28.2 Å². The molecule has 17 heavy (non-hydrogen) atoms. The van der Waals surface area contributed by atoms with Crippen LogP contribution < -0.4 is 5.32 Å². The number of aromatic nitrogens is 1. The number of hydrogen-bond donors (Lipinski definition) is 1. The lowest BCUT2D eigenvalue weighted by Gasteiger charge is -2.15. The second kappa shape index (κ2) is 6.01. The molecule has 1 N–H and O–H groups in total. The van der Waals surface area contributed by atoms with Crippen LogP contribution in [0, 0.1) is 12.8 Å².